The number of hydrogen-bond acceptors (Lipinski definition) is 6. The summed E-state index contributed by atoms with van der Waals surface area (Å²) in [6.45, 7) is 3.24. The highest BCUT2D eigenvalue weighted by atomic mass is 19.4. The van der Waals surface area contributed by atoms with E-state index in [9.17, 15) is 27.2 Å². The molecule has 0 radical (unpaired) electrons. The smallest absolute Gasteiger partial charge is 0.416 e. The molecule has 1 heterocycles. The molecule has 0 bridgehead atoms. The van der Waals surface area contributed by atoms with Crippen LogP contribution >= 0.6 is 0 Å². The highest BCUT2D eigenvalue weighted by Gasteiger charge is 2.30. The number of amides is 2. The largest absolute Gasteiger partial charge is 0.493 e. The second-order valence-corrected chi connectivity index (χ2v) is 8.37. The summed E-state index contributed by atoms with van der Waals surface area (Å²) in [7, 11) is 2.95. The van der Waals surface area contributed by atoms with Gasteiger partial charge in [0.05, 0.1) is 26.2 Å². The van der Waals surface area contributed by atoms with E-state index in [2.05, 4.69) is 22.2 Å². The first-order chi connectivity index (χ1) is 20.1. The average molecular weight is 590 g/mol. The van der Waals surface area contributed by atoms with Crippen molar-refractivity contribution >= 4 is 11.8 Å². The van der Waals surface area contributed by atoms with Crippen molar-refractivity contribution in [3.05, 3.63) is 108 Å². The maximum atomic E-state index is 14.6. The van der Waals surface area contributed by atoms with Gasteiger partial charge in [0.15, 0.2) is 11.5 Å². The Morgan fingerprint density at radius 1 is 0.976 bits per heavy atom. The normalized spacial score (nSPS) is 11.6. The number of hydrogen-bond donors (Lipinski definition) is 2. The topological polar surface area (TPSA) is 98.8 Å². The number of halogens is 4. The highest BCUT2D eigenvalue weighted by molar-refractivity contribution is 6.35. The zero-order valence-corrected chi connectivity index (χ0v) is 23.0. The van der Waals surface area contributed by atoms with Crippen LogP contribution in [0.2, 0.25) is 0 Å². The SMILES string of the molecule is C=C/C=C(\C/C(F)=C\CNC(=O)C(=O)NCCc1cccc(C(F)(F)F)c1)Oc1ccnccc(OC)c(OC)cc1. The first-order valence-electron chi connectivity index (χ1n) is 12.5. The van der Waals surface area contributed by atoms with Crippen molar-refractivity contribution in [2.24, 2.45) is 0 Å². The Morgan fingerprint density at radius 2 is 1.67 bits per heavy atom. The number of carbonyl (C=O) groups is 2. The third-order valence-corrected chi connectivity index (χ3v) is 5.36. The number of nitrogens with zero attached hydrogens (tertiary/aromatic N) is 1. The van der Waals surface area contributed by atoms with Crippen LogP contribution in [0, 0.1) is 0 Å². The van der Waals surface area contributed by atoms with Gasteiger partial charge in [-0.2, -0.15) is 13.2 Å². The number of alkyl halides is 3. The van der Waals surface area contributed by atoms with Crippen LogP contribution in [0.5, 0.6) is 17.2 Å². The van der Waals surface area contributed by atoms with E-state index in [1.165, 1.54) is 50.9 Å². The molecule has 1 aromatic heterocycles. The second kappa shape index (κ2) is 17.1. The summed E-state index contributed by atoms with van der Waals surface area (Å²) in [6, 6.07) is 11.0. The summed E-state index contributed by atoms with van der Waals surface area (Å²) < 4.78 is 69.5. The fourth-order valence-electron chi connectivity index (χ4n) is 3.35. The molecule has 0 aliphatic carbocycles. The maximum Gasteiger partial charge on any atom is 0.416 e. The van der Waals surface area contributed by atoms with E-state index in [-0.39, 0.29) is 31.7 Å². The molecule has 0 fully saturated rings. The Balaban J connectivity index is 1.93. The molecule has 2 aromatic rings. The quantitative estimate of drug-likeness (QED) is 0.149. The molecular weight excluding hydrogens is 558 g/mol. The number of allylic oxidation sites excluding steroid dienone is 3. The predicted octanol–water partition coefficient (Wildman–Crippen LogP) is 5.41. The average Bonchev–Trinajstić information content (AvgIpc) is 2.95. The number of carbonyl (C=O) groups excluding carboxylic acids is 2. The van der Waals surface area contributed by atoms with Crippen molar-refractivity contribution in [3.8, 4) is 17.2 Å². The molecule has 2 amide bonds. The molecule has 1 aromatic carbocycles. The van der Waals surface area contributed by atoms with Gasteiger partial charge >= 0.3 is 18.0 Å². The van der Waals surface area contributed by atoms with E-state index in [0.29, 0.717) is 22.8 Å². The summed E-state index contributed by atoms with van der Waals surface area (Å²) in [4.78, 5) is 28.1. The summed E-state index contributed by atoms with van der Waals surface area (Å²) in [5.74, 6) is -1.37. The van der Waals surface area contributed by atoms with Gasteiger partial charge in [-0.1, -0.05) is 30.9 Å². The lowest BCUT2D eigenvalue weighted by atomic mass is 10.1. The minimum atomic E-state index is -4.48. The Kier molecular flexibility index (Phi) is 13.5. The third-order valence-electron chi connectivity index (χ3n) is 5.36. The van der Waals surface area contributed by atoms with E-state index in [4.69, 9.17) is 14.2 Å². The van der Waals surface area contributed by atoms with Crippen LogP contribution in [0.3, 0.4) is 0 Å². The van der Waals surface area contributed by atoms with Crippen LogP contribution in [0.1, 0.15) is 17.5 Å². The molecule has 2 rings (SSSR count). The van der Waals surface area contributed by atoms with Crippen molar-refractivity contribution in [1.82, 2.24) is 15.6 Å². The Hall–Kier alpha value is -4.87. The molecule has 0 aliphatic heterocycles. The monoisotopic (exact) mass is 589 g/mol. The second-order valence-electron chi connectivity index (χ2n) is 8.37. The van der Waals surface area contributed by atoms with Crippen LogP contribution in [0.4, 0.5) is 17.6 Å². The van der Waals surface area contributed by atoms with Crippen LogP contribution in [0.15, 0.2) is 97.3 Å². The molecule has 8 nitrogen and oxygen atoms in total. The van der Waals surface area contributed by atoms with Crippen molar-refractivity contribution in [1.29, 1.82) is 0 Å². The van der Waals surface area contributed by atoms with Gasteiger partial charge in [-0.3, -0.25) is 14.6 Å². The number of benzene rings is 1. The van der Waals surface area contributed by atoms with Gasteiger partial charge in [0.1, 0.15) is 17.3 Å². The number of rotatable bonds is 12. The van der Waals surface area contributed by atoms with E-state index >= 15 is 0 Å². The van der Waals surface area contributed by atoms with Crippen molar-refractivity contribution in [2.45, 2.75) is 19.0 Å². The van der Waals surface area contributed by atoms with Gasteiger partial charge in [0.25, 0.3) is 0 Å². The lowest BCUT2D eigenvalue weighted by Crippen LogP contribution is -2.40. The maximum absolute atomic E-state index is 14.6. The van der Waals surface area contributed by atoms with Gasteiger partial charge in [-0.25, -0.2) is 4.39 Å². The molecule has 42 heavy (non-hydrogen) atoms. The number of methoxy groups -OCH3 is 2. The number of ether oxygens (including phenoxy) is 3. The van der Waals surface area contributed by atoms with Gasteiger partial charge in [0, 0.05) is 31.5 Å². The number of aromatic nitrogens is 1. The molecule has 0 aliphatic rings. The summed E-state index contributed by atoms with van der Waals surface area (Å²) in [5.41, 5.74) is -0.459. The van der Waals surface area contributed by atoms with E-state index in [1.807, 2.05) is 0 Å². The molecule has 0 unspecified atom stereocenters. The Morgan fingerprint density at radius 3 is 2.36 bits per heavy atom. The van der Waals surface area contributed by atoms with Crippen LogP contribution in [-0.2, 0) is 22.2 Å². The molecule has 12 heteroatoms. The van der Waals surface area contributed by atoms with Gasteiger partial charge in [-0.05, 0) is 48.4 Å². The fraction of sp³-hybridized carbons (Fsp3) is 0.233. The molecule has 0 saturated heterocycles. The van der Waals surface area contributed by atoms with E-state index in [0.717, 1.165) is 18.2 Å². The zero-order valence-electron chi connectivity index (χ0n) is 23.0. The molecule has 224 valence electrons. The van der Waals surface area contributed by atoms with Crippen LogP contribution in [0.25, 0.3) is 0 Å². The van der Waals surface area contributed by atoms with Crippen molar-refractivity contribution in [3.63, 3.8) is 0 Å². The Labute approximate surface area is 241 Å². The van der Waals surface area contributed by atoms with Crippen molar-refractivity contribution in [2.75, 3.05) is 27.3 Å². The standard InChI is InChI=1S/C30H31F4N3O5/c1-4-6-25(42-24-9-10-26(40-2)27(41-3)14-16-35-15-13-24)20-23(31)12-18-37-29(39)28(38)36-17-11-21-7-5-8-22(19-21)30(32,33)34/h4-10,12-16,19H,1,11,17-18,20H2,2-3H3,(H,36,38)(H,37,39)/b10-9?,15-13?,16-14?,23-12+,24-9?,24-13?,25-6+,26-10?,27-14?,27-26?,35-15?,35-16?. The zero-order chi connectivity index (χ0) is 31.0. The molecule has 0 atom stereocenters. The highest BCUT2D eigenvalue weighted by Crippen LogP contribution is 2.29. The Bertz CT molecular complexity index is 1360. The summed E-state index contributed by atoms with van der Waals surface area (Å²) >= 11 is 0. The molecular formula is C30H31F4N3O5. The third kappa shape index (κ3) is 11.7. The van der Waals surface area contributed by atoms with Gasteiger partial charge in [-0.15, -0.1) is 0 Å². The van der Waals surface area contributed by atoms with Gasteiger partial charge in [0.2, 0.25) is 0 Å². The first-order valence-corrected chi connectivity index (χ1v) is 12.5. The number of nitrogens with one attached hydrogen (secondary N) is 2. The summed E-state index contributed by atoms with van der Waals surface area (Å²) in [6.07, 6.45) is 2.23. The molecule has 2 N–H and O–H groups in total. The van der Waals surface area contributed by atoms with Crippen LogP contribution in [-0.4, -0.2) is 44.1 Å². The van der Waals surface area contributed by atoms with Gasteiger partial charge < -0.3 is 24.8 Å². The summed E-state index contributed by atoms with van der Waals surface area (Å²) in [5, 5.41) is 4.57. The van der Waals surface area contributed by atoms with E-state index < -0.39 is 29.4 Å². The lowest BCUT2D eigenvalue weighted by molar-refractivity contribution is -0.139. The minimum absolute atomic E-state index is 0.0649. The fourth-order valence-corrected chi connectivity index (χ4v) is 3.35. The van der Waals surface area contributed by atoms with Crippen LogP contribution < -0.4 is 24.8 Å². The van der Waals surface area contributed by atoms with Crippen molar-refractivity contribution < 1.29 is 41.4 Å². The minimum Gasteiger partial charge on any atom is -0.493 e. The lowest BCUT2D eigenvalue weighted by Gasteiger charge is -2.10. The molecule has 0 spiro atoms. The first kappa shape index (κ1) is 33.3. The molecule has 0 saturated carbocycles. The van der Waals surface area contributed by atoms with E-state index in [1.54, 1.807) is 24.3 Å². The predicted molar refractivity (Wildman–Crippen MR) is 149 cm³/mol.